The standard InChI is InChI=1S/C19H21NO5S/c1-4-24-15-10-13(19(22)23)14(11-16(15)25-5-2)20-18(21)12-8-6-7-9-17(12)26-3/h6-11H,4-5H2,1-3H3,(H,20,21)(H,22,23). The van der Waals surface area contributed by atoms with Crippen molar-refractivity contribution in [1.82, 2.24) is 0 Å². The molecule has 0 radical (unpaired) electrons. The van der Waals surface area contributed by atoms with E-state index < -0.39 is 5.97 Å². The molecule has 2 rings (SSSR count). The van der Waals surface area contributed by atoms with Crippen molar-refractivity contribution in [2.75, 3.05) is 24.8 Å². The summed E-state index contributed by atoms with van der Waals surface area (Å²) in [6, 6.07) is 9.98. The normalized spacial score (nSPS) is 10.3. The Labute approximate surface area is 156 Å². The van der Waals surface area contributed by atoms with Gasteiger partial charge in [-0.2, -0.15) is 0 Å². The Morgan fingerprint density at radius 1 is 1.04 bits per heavy atom. The van der Waals surface area contributed by atoms with Crippen LogP contribution in [0.4, 0.5) is 5.69 Å². The van der Waals surface area contributed by atoms with Gasteiger partial charge in [0.2, 0.25) is 0 Å². The topological polar surface area (TPSA) is 84.9 Å². The number of amides is 1. The Morgan fingerprint density at radius 3 is 2.23 bits per heavy atom. The molecule has 0 saturated carbocycles. The molecule has 2 aromatic rings. The van der Waals surface area contributed by atoms with Gasteiger partial charge < -0.3 is 19.9 Å². The van der Waals surface area contributed by atoms with Crippen LogP contribution in [0.5, 0.6) is 11.5 Å². The van der Waals surface area contributed by atoms with Crippen molar-refractivity contribution in [2.24, 2.45) is 0 Å². The van der Waals surface area contributed by atoms with Crippen LogP contribution in [0.25, 0.3) is 0 Å². The molecule has 0 aliphatic carbocycles. The van der Waals surface area contributed by atoms with Gasteiger partial charge in [-0.1, -0.05) is 12.1 Å². The average Bonchev–Trinajstić information content (AvgIpc) is 2.63. The molecule has 0 fully saturated rings. The molecular weight excluding hydrogens is 354 g/mol. The second kappa shape index (κ2) is 9.15. The summed E-state index contributed by atoms with van der Waals surface area (Å²) in [7, 11) is 0. The van der Waals surface area contributed by atoms with Gasteiger partial charge in [0.1, 0.15) is 0 Å². The van der Waals surface area contributed by atoms with Gasteiger partial charge in [0.25, 0.3) is 5.91 Å². The molecule has 2 aromatic carbocycles. The van der Waals surface area contributed by atoms with E-state index in [-0.39, 0.29) is 17.2 Å². The second-order valence-corrected chi connectivity index (χ2v) is 6.02. The van der Waals surface area contributed by atoms with E-state index in [0.717, 1.165) is 4.90 Å². The maximum Gasteiger partial charge on any atom is 0.337 e. The number of hydrogen-bond donors (Lipinski definition) is 2. The zero-order valence-electron chi connectivity index (χ0n) is 14.9. The van der Waals surface area contributed by atoms with Crippen molar-refractivity contribution in [1.29, 1.82) is 0 Å². The highest BCUT2D eigenvalue weighted by molar-refractivity contribution is 7.98. The first-order chi connectivity index (χ1) is 12.5. The largest absolute Gasteiger partial charge is 0.490 e. The molecule has 0 aliphatic heterocycles. The van der Waals surface area contributed by atoms with Crippen molar-refractivity contribution in [3.8, 4) is 11.5 Å². The van der Waals surface area contributed by atoms with Crippen LogP contribution in [0, 0.1) is 0 Å². The number of ether oxygens (including phenoxy) is 2. The van der Waals surface area contributed by atoms with Crippen LogP contribution in [-0.4, -0.2) is 36.5 Å². The minimum Gasteiger partial charge on any atom is -0.490 e. The summed E-state index contributed by atoms with van der Waals surface area (Å²) < 4.78 is 11.0. The van der Waals surface area contributed by atoms with Gasteiger partial charge in [-0.25, -0.2) is 4.79 Å². The lowest BCUT2D eigenvalue weighted by atomic mass is 10.1. The molecule has 0 bridgehead atoms. The van der Waals surface area contributed by atoms with E-state index in [1.54, 1.807) is 19.1 Å². The lowest BCUT2D eigenvalue weighted by Gasteiger charge is -2.16. The van der Waals surface area contributed by atoms with E-state index in [4.69, 9.17) is 9.47 Å². The quantitative estimate of drug-likeness (QED) is 0.674. The highest BCUT2D eigenvalue weighted by Gasteiger charge is 2.20. The van der Waals surface area contributed by atoms with Crippen molar-refractivity contribution in [3.05, 3.63) is 47.5 Å². The lowest BCUT2D eigenvalue weighted by molar-refractivity contribution is 0.0697. The number of aromatic carboxylic acids is 1. The van der Waals surface area contributed by atoms with Crippen LogP contribution in [-0.2, 0) is 0 Å². The van der Waals surface area contributed by atoms with Gasteiger partial charge >= 0.3 is 5.97 Å². The first kappa shape index (κ1) is 19.7. The number of carboxylic acid groups (broad SMARTS) is 1. The molecule has 0 saturated heterocycles. The number of thioether (sulfide) groups is 1. The number of rotatable bonds is 8. The van der Waals surface area contributed by atoms with Crippen LogP contribution >= 0.6 is 11.8 Å². The molecule has 1 amide bonds. The lowest BCUT2D eigenvalue weighted by Crippen LogP contribution is -2.16. The van der Waals surface area contributed by atoms with Gasteiger partial charge in [0.15, 0.2) is 11.5 Å². The molecule has 0 atom stereocenters. The number of anilines is 1. The minimum absolute atomic E-state index is 0.0631. The van der Waals surface area contributed by atoms with E-state index in [0.29, 0.717) is 30.3 Å². The molecule has 26 heavy (non-hydrogen) atoms. The molecule has 0 heterocycles. The van der Waals surface area contributed by atoms with E-state index >= 15 is 0 Å². The van der Waals surface area contributed by atoms with E-state index in [2.05, 4.69) is 5.32 Å². The fourth-order valence-electron chi connectivity index (χ4n) is 2.40. The highest BCUT2D eigenvalue weighted by atomic mass is 32.2. The highest BCUT2D eigenvalue weighted by Crippen LogP contribution is 2.34. The SMILES string of the molecule is CCOc1cc(NC(=O)c2ccccc2SC)c(C(=O)O)cc1OCC. The van der Waals surface area contributed by atoms with E-state index in [1.807, 2.05) is 25.3 Å². The summed E-state index contributed by atoms with van der Waals surface area (Å²) >= 11 is 1.44. The predicted octanol–water partition coefficient (Wildman–Crippen LogP) is 4.16. The number of carboxylic acids is 1. The van der Waals surface area contributed by atoms with Crippen LogP contribution < -0.4 is 14.8 Å². The molecule has 0 aliphatic rings. The fraction of sp³-hybridized carbons (Fsp3) is 0.263. The van der Waals surface area contributed by atoms with Crippen LogP contribution in [0.2, 0.25) is 0 Å². The van der Waals surface area contributed by atoms with E-state index in [9.17, 15) is 14.7 Å². The molecular formula is C19H21NO5S. The third-order valence-corrected chi connectivity index (χ3v) is 4.31. The summed E-state index contributed by atoms with van der Waals surface area (Å²) in [6.07, 6.45) is 1.87. The molecule has 2 N–H and O–H groups in total. The van der Waals surface area contributed by atoms with Gasteiger partial charge in [0, 0.05) is 17.0 Å². The van der Waals surface area contributed by atoms with Crippen molar-refractivity contribution < 1.29 is 24.2 Å². The predicted molar refractivity (Wildman–Crippen MR) is 102 cm³/mol. The number of nitrogens with one attached hydrogen (secondary N) is 1. The number of carbonyl (C=O) groups is 2. The third kappa shape index (κ3) is 4.49. The van der Waals surface area contributed by atoms with Crippen molar-refractivity contribution >= 4 is 29.3 Å². The number of benzene rings is 2. The summed E-state index contributed by atoms with van der Waals surface area (Å²) in [5.74, 6) is -0.839. The summed E-state index contributed by atoms with van der Waals surface area (Å²) in [5, 5.41) is 12.2. The first-order valence-corrected chi connectivity index (χ1v) is 9.35. The Hall–Kier alpha value is -2.67. The smallest absolute Gasteiger partial charge is 0.337 e. The Balaban J connectivity index is 2.45. The minimum atomic E-state index is -1.16. The van der Waals surface area contributed by atoms with Crippen LogP contribution in [0.1, 0.15) is 34.6 Å². The third-order valence-electron chi connectivity index (χ3n) is 3.51. The van der Waals surface area contributed by atoms with Crippen LogP contribution in [0.3, 0.4) is 0 Å². The van der Waals surface area contributed by atoms with Gasteiger partial charge in [-0.05, 0) is 32.2 Å². The van der Waals surface area contributed by atoms with Crippen LogP contribution in [0.15, 0.2) is 41.3 Å². The average molecular weight is 375 g/mol. The van der Waals surface area contributed by atoms with Crippen molar-refractivity contribution in [2.45, 2.75) is 18.7 Å². The summed E-state index contributed by atoms with van der Waals surface area (Å²) in [5.41, 5.74) is 0.570. The van der Waals surface area contributed by atoms with Gasteiger partial charge in [-0.3, -0.25) is 4.79 Å². The molecule has 138 valence electrons. The monoisotopic (exact) mass is 375 g/mol. The number of carbonyl (C=O) groups excluding carboxylic acids is 1. The first-order valence-electron chi connectivity index (χ1n) is 8.13. The Morgan fingerprint density at radius 2 is 1.65 bits per heavy atom. The Bertz CT molecular complexity index is 807. The molecule has 0 unspecified atom stereocenters. The fourth-order valence-corrected chi connectivity index (χ4v) is 2.99. The summed E-state index contributed by atoms with van der Waals surface area (Å²) in [4.78, 5) is 25.1. The molecule has 7 heteroatoms. The maximum atomic E-state index is 12.7. The molecule has 0 spiro atoms. The zero-order chi connectivity index (χ0) is 19.1. The van der Waals surface area contributed by atoms with E-state index in [1.165, 1.54) is 23.9 Å². The summed E-state index contributed by atoms with van der Waals surface area (Å²) in [6.45, 7) is 4.36. The second-order valence-electron chi connectivity index (χ2n) is 5.17. The number of hydrogen-bond acceptors (Lipinski definition) is 5. The van der Waals surface area contributed by atoms with Crippen molar-refractivity contribution in [3.63, 3.8) is 0 Å². The maximum absolute atomic E-state index is 12.7. The molecule has 0 aromatic heterocycles. The van der Waals surface area contributed by atoms with Gasteiger partial charge in [0.05, 0.1) is 30.0 Å². The Kier molecular flexibility index (Phi) is 6.91. The zero-order valence-corrected chi connectivity index (χ0v) is 15.7. The molecule has 6 nitrogen and oxygen atoms in total. The van der Waals surface area contributed by atoms with Gasteiger partial charge in [-0.15, -0.1) is 11.8 Å².